The van der Waals surface area contributed by atoms with Gasteiger partial charge in [-0.1, -0.05) is 0 Å². The Morgan fingerprint density at radius 3 is 1.92 bits per heavy atom. The highest BCUT2D eigenvalue weighted by Crippen LogP contribution is 2.24. The first-order chi connectivity index (χ1) is 11.3. The molecule has 1 aromatic rings. The predicted molar refractivity (Wildman–Crippen MR) is 90.6 cm³/mol. The lowest BCUT2D eigenvalue weighted by Gasteiger charge is -2.31. The second-order valence-corrected chi connectivity index (χ2v) is 9.99. The molecule has 134 valence electrons. The van der Waals surface area contributed by atoms with Gasteiger partial charge in [0.05, 0.1) is 9.79 Å². The van der Waals surface area contributed by atoms with Gasteiger partial charge in [0.2, 0.25) is 20.0 Å². The van der Waals surface area contributed by atoms with E-state index >= 15 is 0 Å². The molecule has 9 heteroatoms. The van der Waals surface area contributed by atoms with Gasteiger partial charge in [-0.05, 0) is 57.0 Å². The van der Waals surface area contributed by atoms with Gasteiger partial charge in [0.1, 0.15) is 0 Å². The van der Waals surface area contributed by atoms with Crippen LogP contribution >= 0.6 is 0 Å². The number of nitrogens with one attached hydrogen (secondary N) is 2. The molecule has 0 bridgehead atoms. The van der Waals surface area contributed by atoms with Gasteiger partial charge >= 0.3 is 0 Å². The highest BCUT2D eigenvalue weighted by Gasteiger charge is 2.30. The Labute approximate surface area is 143 Å². The highest BCUT2D eigenvalue weighted by molar-refractivity contribution is 7.89. The molecule has 1 aliphatic heterocycles. The van der Waals surface area contributed by atoms with Gasteiger partial charge in [0.25, 0.3) is 0 Å². The number of nitrogens with zero attached hydrogens (tertiary/aromatic N) is 1. The summed E-state index contributed by atoms with van der Waals surface area (Å²) in [5, 5.41) is 3.17. The van der Waals surface area contributed by atoms with Crippen molar-refractivity contribution in [2.75, 3.05) is 20.1 Å². The van der Waals surface area contributed by atoms with E-state index in [0.29, 0.717) is 19.1 Å². The van der Waals surface area contributed by atoms with Gasteiger partial charge in [0, 0.05) is 25.2 Å². The molecular weight excluding hydrogens is 350 g/mol. The molecule has 1 saturated heterocycles. The number of hydrogen-bond donors (Lipinski definition) is 2. The van der Waals surface area contributed by atoms with E-state index in [0.717, 1.165) is 25.7 Å². The van der Waals surface area contributed by atoms with Crippen molar-refractivity contribution < 1.29 is 16.8 Å². The molecule has 1 saturated carbocycles. The first kappa shape index (κ1) is 17.8. The zero-order valence-electron chi connectivity index (χ0n) is 13.6. The van der Waals surface area contributed by atoms with Crippen LogP contribution in [0.2, 0.25) is 0 Å². The SMILES string of the molecule is CNC1CCN(S(=O)(=O)c2ccc(S(=O)(=O)NC3CC3)cc2)CC1. The third kappa shape index (κ3) is 3.80. The summed E-state index contributed by atoms with van der Waals surface area (Å²) in [7, 11) is -5.26. The molecule has 1 aliphatic carbocycles. The number of benzene rings is 1. The van der Waals surface area contributed by atoms with Crippen LogP contribution in [0.5, 0.6) is 0 Å². The minimum absolute atomic E-state index is 0.0203. The molecule has 1 heterocycles. The van der Waals surface area contributed by atoms with Crippen molar-refractivity contribution in [3.8, 4) is 0 Å². The van der Waals surface area contributed by atoms with Crippen molar-refractivity contribution in [2.45, 2.75) is 47.6 Å². The van der Waals surface area contributed by atoms with E-state index in [1.807, 2.05) is 7.05 Å². The van der Waals surface area contributed by atoms with Crippen LogP contribution in [0, 0.1) is 0 Å². The van der Waals surface area contributed by atoms with E-state index in [9.17, 15) is 16.8 Å². The molecule has 0 unspecified atom stereocenters. The Hall–Kier alpha value is -1.00. The Bertz CT molecular complexity index is 779. The quantitative estimate of drug-likeness (QED) is 0.757. The van der Waals surface area contributed by atoms with Crippen molar-refractivity contribution >= 4 is 20.0 Å². The fourth-order valence-corrected chi connectivity index (χ4v) is 5.59. The summed E-state index contributed by atoms with van der Waals surface area (Å²) in [5.41, 5.74) is 0. The number of piperidine rings is 1. The molecule has 24 heavy (non-hydrogen) atoms. The van der Waals surface area contributed by atoms with Crippen LogP contribution in [0.3, 0.4) is 0 Å². The van der Waals surface area contributed by atoms with Crippen LogP contribution in [0.4, 0.5) is 0 Å². The standard InChI is InChI=1S/C15H23N3O4S2/c1-16-12-8-10-18(11-9-12)24(21,22)15-6-4-14(5-7-15)23(19,20)17-13-2-3-13/h4-7,12-13,16-17H,2-3,8-11H2,1H3. The van der Waals surface area contributed by atoms with Crippen LogP contribution in [-0.4, -0.2) is 53.4 Å². The molecule has 0 amide bonds. The summed E-state index contributed by atoms with van der Waals surface area (Å²) in [6, 6.07) is 5.84. The largest absolute Gasteiger partial charge is 0.317 e. The van der Waals surface area contributed by atoms with E-state index in [2.05, 4.69) is 10.0 Å². The molecule has 0 spiro atoms. The van der Waals surface area contributed by atoms with E-state index in [4.69, 9.17) is 0 Å². The molecule has 3 rings (SSSR count). The summed E-state index contributed by atoms with van der Waals surface area (Å²) in [5.74, 6) is 0. The molecule has 1 aromatic carbocycles. The Balaban J connectivity index is 1.74. The summed E-state index contributed by atoms with van der Waals surface area (Å²) < 4.78 is 53.7. The molecular formula is C15H23N3O4S2. The van der Waals surface area contributed by atoms with Gasteiger partial charge in [-0.3, -0.25) is 0 Å². The van der Waals surface area contributed by atoms with Crippen molar-refractivity contribution in [3.63, 3.8) is 0 Å². The van der Waals surface area contributed by atoms with Crippen molar-refractivity contribution in [1.29, 1.82) is 0 Å². The smallest absolute Gasteiger partial charge is 0.243 e. The second kappa shape index (κ2) is 6.72. The molecule has 7 nitrogen and oxygen atoms in total. The van der Waals surface area contributed by atoms with Crippen LogP contribution in [-0.2, 0) is 20.0 Å². The first-order valence-corrected chi connectivity index (χ1v) is 11.0. The monoisotopic (exact) mass is 373 g/mol. The lowest BCUT2D eigenvalue weighted by molar-refractivity contribution is 0.298. The second-order valence-electron chi connectivity index (χ2n) is 6.33. The van der Waals surface area contributed by atoms with Crippen LogP contribution in [0.15, 0.2) is 34.1 Å². The zero-order valence-corrected chi connectivity index (χ0v) is 15.2. The zero-order chi connectivity index (χ0) is 17.4. The van der Waals surface area contributed by atoms with Crippen LogP contribution in [0.25, 0.3) is 0 Å². The van der Waals surface area contributed by atoms with Crippen molar-refractivity contribution in [3.05, 3.63) is 24.3 Å². The summed E-state index contributed by atoms with van der Waals surface area (Å²) in [6.45, 7) is 0.939. The topological polar surface area (TPSA) is 95.6 Å². The van der Waals surface area contributed by atoms with E-state index in [1.165, 1.54) is 28.6 Å². The average Bonchev–Trinajstić information content (AvgIpc) is 3.38. The number of sulfonamides is 2. The minimum atomic E-state index is -3.58. The molecule has 2 N–H and O–H groups in total. The summed E-state index contributed by atoms with van der Waals surface area (Å²) in [6.07, 6.45) is 3.25. The first-order valence-electron chi connectivity index (χ1n) is 8.13. The maximum atomic E-state index is 12.7. The third-order valence-corrected chi connectivity index (χ3v) is 7.98. The predicted octanol–water partition coefficient (Wildman–Crippen LogP) is 0.500. The van der Waals surface area contributed by atoms with Crippen molar-refractivity contribution in [2.24, 2.45) is 0 Å². The Morgan fingerprint density at radius 2 is 1.42 bits per heavy atom. The van der Waals surface area contributed by atoms with Gasteiger partial charge in [-0.25, -0.2) is 21.6 Å². The lowest BCUT2D eigenvalue weighted by atomic mass is 10.1. The maximum absolute atomic E-state index is 12.7. The van der Waals surface area contributed by atoms with E-state index < -0.39 is 20.0 Å². The molecule has 0 radical (unpaired) electrons. The Kier molecular flexibility index (Phi) is 4.99. The van der Waals surface area contributed by atoms with Gasteiger partial charge in [-0.15, -0.1) is 0 Å². The summed E-state index contributed by atoms with van der Waals surface area (Å²) in [4.78, 5) is 0.234. The van der Waals surface area contributed by atoms with Gasteiger partial charge in [0.15, 0.2) is 0 Å². The number of hydrogen-bond acceptors (Lipinski definition) is 5. The molecule has 0 atom stereocenters. The molecule has 2 fully saturated rings. The van der Waals surface area contributed by atoms with E-state index in [1.54, 1.807) is 0 Å². The lowest BCUT2D eigenvalue weighted by Crippen LogP contribution is -2.43. The van der Waals surface area contributed by atoms with Gasteiger partial charge < -0.3 is 5.32 Å². The normalized spacial score (nSPS) is 21.0. The Morgan fingerprint density at radius 1 is 0.875 bits per heavy atom. The van der Waals surface area contributed by atoms with Crippen LogP contribution < -0.4 is 10.0 Å². The average molecular weight is 374 g/mol. The van der Waals surface area contributed by atoms with Crippen molar-refractivity contribution in [1.82, 2.24) is 14.3 Å². The molecule has 0 aromatic heterocycles. The molecule has 2 aliphatic rings. The van der Waals surface area contributed by atoms with Gasteiger partial charge in [-0.2, -0.15) is 4.31 Å². The number of rotatable bonds is 6. The summed E-state index contributed by atoms with van der Waals surface area (Å²) >= 11 is 0. The van der Waals surface area contributed by atoms with Crippen LogP contribution in [0.1, 0.15) is 25.7 Å². The highest BCUT2D eigenvalue weighted by atomic mass is 32.2. The minimum Gasteiger partial charge on any atom is -0.317 e. The fourth-order valence-electron chi connectivity index (χ4n) is 2.81. The van der Waals surface area contributed by atoms with E-state index in [-0.39, 0.29) is 15.8 Å². The fraction of sp³-hybridized carbons (Fsp3) is 0.600. The third-order valence-electron chi connectivity index (χ3n) is 4.53. The maximum Gasteiger partial charge on any atom is 0.243 e.